The van der Waals surface area contributed by atoms with Gasteiger partial charge >= 0.3 is 5.97 Å². The number of benzene rings is 3. The van der Waals surface area contributed by atoms with Gasteiger partial charge in [-0.15, -0.1) is 11.8 Å². The molecule has 0 radical (unpaired) electrons. The highest BCUT2D eigenvalue weighted by Crippen LogP contribution is 2.47. The maximum absolute atomic E-state index is 13.3. The number of thioether (sulfide) groups is 1. The zero-order valence-electron chi connectivity index (χ0n) is 20.5. The van der Waals surface area contributed by atoms with Gasteiger partial charge in [-0.05, 0) is 41.3 Å². The average molecular weight is 514 g/mol. The van der Waals surface area contributed by atoms with Gasteiger partial charge in [0.05, 0.1) is 16.6 Å². The van der Waals surface area contributed by atoms with Crippen LogP contribution in [0.3, 0.4) is 0 Å². The first-order chi connectivity index (χ1) is 17.9. The average Bonchev–Trinajstić information content (AvgIpc) is 3.60. The number of hydrogen-bond donors (Lipinski definition) is 0. The van der Waals surface area contributed by atoms with Gasteiger partial charge in [-0.1, -0.05) is 66.7 Å². The van der Waals surface area contributed by atoms with E-state index in [2.05, 4.69) is 24.3 Å². The zero-order valence-corrected chi connectivity index (χ0v) is 21.3. The van der Waals surface area contributed by atoms with Crippen molar-refractivity contribution in [3.63, 3.8) is 0 Å². The summed E-state index contributed by atoms with van der Waals surface area (Å²) in [5.41, 5.74) is 2.74. The van der Waals surface area contributed by atoms with Crippen molar-refractivity contribution in [3.8, 4) is 0 Å². The number of amides is 2. The smallest absolute Gasteiger partial charge is 0.330 e. The molecule has 188 valence electrons. The number of carbonyl (C=O) groups excluding carboxylic acids is 3. The second-order valence-corrected chi connectivity index (χ2v) is 11.4. The molecule has 2 fully saturated rings. The van der Waals surface area contributed by atoms with Crippen LogP contribution in [0.5, 0.6) is 0 Å². The summed E-state index contributed by atoms with van der Waals surface area (Å²) in [6.45, 7) is 1.56. The van der Waals surface area contributed by atoms with E-state index in [1.54, 1.807) is 16.7 Å². The molecule has 2 amide bonds. The quantitative estimate of drug-likeness (QED) is 0.469. The number of carbonyl (C=O) groups is 3. The van der Waals surface area contributed by atoms with E-state index in [1.165, 1.54) is 5.01 Å². The number of hydrogen-bond acceptors (Lipinski definition) is 6. The third kappa shape index (κ3) is 4.29. The Kier molecular flexibility index (Phi) is 5.99. The van der Waals surface area contributed by atoms with Gasteiger partial charge in [-0.25, -0.2) is 9.80 Å². The molecule has 37 heavy (non-hydrogen) atoms. The van der Waals surface area contributed by atoms with E-state index in [0.29, 0.717) is 18.6 Å². The fourth-order valence-corrected chi connectivity index (χ4v) is 6.93. The lowest BCUT2D eigenvalue weighted by Gasteiger charge is -2.29. The topological polar surface area (TPSA) is 79.3 Å². The number of fused-ring (bicyclic) bond motifs is 2. The Morgan fingerprint density at radius 1 is 1.05 bits per heavy atom. The maximum Gasteiger partial charge on any atom is 0.330 e. The summed E-state index contributed by atoms with van der Waals surface area (Å²) in [5, 5.41) is 8.41. The number of rotatable bonds is 5. The van der Waals surface area contributed by atoms with Crippen LogP contribution in [0, 0.1) is 0 Å². The van der Waals surface area contributed by atoms with Gasteiger partial charge in [0.25, 0.3) is 5.91 Å². The second-order valence-electron chi connectivity index (χ2n) is 9.85. The Bertz CT molecular complexity index is 1420. The van der Waals surface area contributed by atoms with E-state index in [4.69, 9.17) is 9.84 Å². The SMILES string of the molecule is C[C@]12CCC(=O)N1[C@@H](C(=O)OCC(=O)N1N=C(c3ccc4ccccc4c3)C[C@@H]1c1ccccc1)CS2. The van der Waals surface area contributed by atoms with Crippen LogP contribution >= 0.6 is 11.8 Å². The molecule has 3 aliphatic rings. The van der Waals surface area contributed by atoms with Crippen LogP contribution in [0.15, 0.2) is 77.9 Å². The molecule has 3 aliphatic heterocycles. The molecule has 3 aromatic carbocycles. The molecule has 0 unspecified atom stereocenters. The second kappa shape index (κ2) is 9.34. The molecule has 0 saturated carbocycles. The van der Waals surface area contributed by atoms with E-state index in [-0.39, 0.29) is 22.7 Å². The summed E-state index contributed by atoms with van der Waals surface area (Å²) in [6.07, 6.45) is 1.71. The predicted molar refractivity (Wildman–Crippen MR) is 143 cm³/mol. The summed E-state index contributed by atoms with van der Waals surface area (Å²) in [5.74, 6) is -0.474. The Balaban J connectivity index is 1.22. The fraction of sp³-hybridized carbons (Fsp3) is 0.310. The highest BCUT2D eigenvalue weighted by Gasteiger charge is 2.53. The Morgan fingerprint density at radius 2 is 1.81 bits per heavy atom. The van der Waals surface area contributed by atoms with Gasteiger partial charge in [0.1, 0.15) is 6.04 Å². The molecule has 0 bridgehead atoms. The van der Waals surface area contributed by atoms with Crippen molar-refractivity contribution < 1.29 is 19.1 Å². The summed E-state index contributed by atoms with van der Waals surface area (Å²) in [7, 11) is 0. The first kappa shape index (κ1) is 23.7. The summed E-state index contributed by atoms with van der Waals surface area (Å²) < 4.78 is 5.48. The lowest BCUT2D eigenvalue weighted by Crippen LogP contribution is -2.47. The van der Waals surface area contributed by atoms with Crippen molar-refractivity contribution in [1.29, 1.82) is 0 Å². The minimum Gasteiger partial charge on any atom is -0.454 e. The van der Waals surface area contributed by atoms with Crippen molar-refractivity contribution in [2.24, 2.45) is 5.10 Å². The Hall–Kier alpha value is -3.65. The summed E-state index contributed by atoms with van der Waals surface area (Å²) in [6, 6.07) is 23.1. The van der Waals surface area contributed by atoms with Crippen LogP contribution in [0.1, 0.15) is 43.4 Å². The molecular weight excluding hydrogens is 486 g/mol. The van der Waals surface area contributed by atoms with Gasteiger partial charge < -0.3 is 9.64 Å². The van der Waals surface area contributed by atoms with Crippen LogP contribution < -0.4 is 0 Å². The largest absolute Gasteiger partial charge is 0.454 e. The van der Waals surface area contributed by atoms with Crippen molar-refractivity contribution in [2.45, 2.75) is 43.1 Å². The standard InChI is InChI=1S/C29H27N3O4S/c1-29-14-13-26(33)31(29)25(18-37-29)28(35)36-17-27(34)32-24(20-8-3-2-4-9-20)16-23(30-32)22-12-11-19-7-5-6-10-21(19)15-22/h2-12,15,24-25H,13-14,16-18H2,1H3/t24-,25-,29+/m1/s1. The van der Waals surface area contributed by atoms with Gasteiger partial charge in [0.15, 0.2) is 6.61 Å². The molecular formula is C29H27N3O4S. The molecule has 6 rings (SSSR count). The molecule has 2 saturated heterocycles. The molecule has 0 N–H and O–H groups in total. The van der Waals surface area contributed by atoms with Crippen molar-refractivity contribution in [3.05, 3.63) is 83.9 Å². The third-order valence-corrected chi connectivity index (χ3v) is 8.99. The van der Waals surface area contributed by atoms with Crippen LogP contribution in [0.2, 0.25) is 0 Å². The third-order valence-electron chi connectivity index (χ3n) is 7.49. The number of ether oxygens (including phenoxy) is 1. The van der Waals surface area contributed by atoms with E-state index >= 15 is 0 Å². The maximum atomic E-state index is 13.3. The van der Waals surface area contributed by atoms with Crippen LogP contribution in [0.4, 0.5) is 0 Å². The number of nitrogens with zero attached hydrogens (tertiary/aromatic N) is 3. The molecule has 0 aromatic heterocycles. The Labute approximate surface area is 219 Å². The molecule has 8 heteroatoms. The number of hydrazone groups is 1. The lowest BCUT2D eigenvalue weighted by atomic mass is 9.97. The van der Waals surface area contributed by atoms with E-state index < -0.39 is 18.6 Å². The highest BCUT2D eigenvalue weighted by molar-refractivity contribution is 8.01. The minimum atomic E-state index is -0.655. The predicted octanol–water partition coefficient (Wildman–Crippen LogP) is 4.51. The van der Waals surface area contributed by atoms with Crippen molar-refractivity contribution >= 4 is 46.0 Å². The van der Waals surface area contributed by atoms with Crippen LogP contribution in [-0.4, -0.2) is 56.7 Å². The van der Waals surface area contributed by atoms with Crippen molar-refractivity contribution in [2.75, 3.05) is 12.4 Å². The molecule has 3 heterocycles. The van der Waals surface area contributed by atoms with Gasteiger partial charge in [0.2, 0.25) is 5.91 Å². The van der Waals surface area contributed by atoms with Gasteiger partial charge in [-0.3, -0.25) is 9.59 Å². The first-order valence-corrected chi connectivity index (χ1v) is 13.5. The van der Waals surface area contributed by atoms with Crippen LogP contribution in [-0.2, 0) is 19.1 Å². The monoisotopic (exact) mass is 513 g/mol. The first-order valence-electron chi connectivity index (χ1n) is 12.5. The molecule has 0 spiro atoms. The number of esters is 1. The summed E-state index contributed by atoms with van der Waals surface area (Å²) >= 11 is 1.60. The Morgan fingerprint density at radius 3 is 2.62 bits per heavy atom. The summed E-state index contributed by atoms with van der Waals surface area (Å²) in [4.78, 5) is 39.9. The van der Waals surface area contributed by atoms with Crippen molar-refractivity contribution in [1.82, 2.24) is 9.91 Å². The van der Waals surface area contributed by atoms with Gasteiger partial charge in [-0.2, -0.15) is 5.10 Å². The van der Waals surface area contributed by atoms with E-state index in [0.717, 1.165) is 34.0 Å². The van der Waals surface area contributed by atoms with E-state index in [9.17, 15) is 14.4 Å². The molecule has 7 nitrogen and oxygen atoms in total. The molecule has 3 aromatic rings. The van der Waals surface area contributed by atoms with E-state index in [1.807, 2.05) is 55.5 Å². The molecule has 3 atom stereocenters. The molecule has 0 aliphatic carbocycles. The van der Waals surface area contributed by atoms with Gasteiger partial charge in [0, 0.05) is 18.6 Å². The van der Waals surface area contributed by atoms with Crippen LogP contribution in [0.25, 0.3) is 10.8 Å². The highest BCUT2D eigenvalue weighted by atomic mass is 32.2. The lowest BCUT2D eigenvalue weighted by molar-refractivity contribution is -0.158. The fourth-order valence-electron chi connectivity index (χ4n) is 5.51. The normalized spacial score (nSPS) is 24.9. The minimum absolute atomic E-state index is 0.0333. The zero-order chi connectivity index (χ0) is 25.6.